The third-order valence-electron chi connectivity index (χ3n) is 3.93. The van der Waals surface area contributed by atoms with Crippen LogP contribution in [-0.4, -0.2) is 23.3 Å². The van der Waals surface area contributed by atoms with Gasteiger partial charge in [-0.2, -0.15) is 0 Å². The lowest BCUT2D eigenvalue weighted by molar-refractivity contribution is -0.137. The summed E-state index contributed by atoms with van der Waals surface area (Å²) in [5.74, 6) is -0.319. The predicted octanol–water partition coefficient (Wildman–Crippen LogP) is 4.56. The molecule has 0 saturated heterocycles. The molecule has 1 aromatic heterocycles. The van der Waals surface area contributed by atoms with Crippen LogP contribution in [0.25, 0.3) is 5.57 Å². The number of benzene rings is 1. The summed E-state index contributed by atoms with van der Waals surface area (Å²) in [5.41, 5.74) is 2.45. The first-order valence-electron chi connectivity index (χ1n) is 8.06. The number of rotatable bonds is 5. The average molecular weight is 375 g/mol. The van der Waals surface area contributed by atoms with Crippen molar-refractivity contribution in [1.29, 1.82) is 0 Å². The quantitative estimate of drug-likeness (QED) is 0.780. The maximum absolute atomic E-state index is 12.9. The maximum Gasteiger partial charge on any atom is 0.278 e. The van der Waals surface area contributed by atoms with Gasteiger partial charge in [0, 0.05) is 22.1 Å². The maximum atomic E-state index is 12.9. The van der Waals surface area contributed by atoms with Gasteiger partial charge < -0.3 is 5.32 Å². The van der Waals surface area contributed by atoms with Gasteiger partial charge in [-0.15, -0.1) is 11.3 Å². The zero-order chi connectivity index (χ0) is 18.1. The van der Waals surface area contributed by atoms with Gasteiger partial charge in [-0.05, 0) is 48.1 Å². The van der Waals surface area contributed by atoms with E-state index >= 15 is 0 Å². The number of amides is 2. The Kier molecular flexibility index (Phi) is 4.97. The number of carbonyl (C=O) groups excluding carboxylic acids is 2. The first kappa shape index (κ1) is 17.7. The van der Waals surface area contributed by atoms with Crippen LogP contribution in [-0.2, 0) is 9.59 Å². The van der Waals surface area contributed by atoms with Crippen LogP contribution in [0.5, 0.6) is 0 Å². The molecule has 3 rings (SSSR count). The number of hydrogen-bond donors (Lipinski definition) is 1. The predicted molar refractivity (Wildman–Crippen MR) is 103 cm³/mol. The Bertz CT molecular complexity index is 856. The Morgan fingerprint density at radius 3 is 2.56 bits per heavy atom. The van der Waals surface area contributed by atoms with Crippen molar-refractivity contribution in [2.75, 3.05) is 11.9 Å². The van der Waals surface area contributed by atoms with E-state index in [0.29, 0.717) is 22.8 Å². The number of thiophene rings is 1. The van der Waals surface area contributed by atoms with Gasteiger partial charge in [0.25, 0.3) is 11.8 Å². The Balaban J connectivity index is 2.04. The van der Waals surface area contributed by atoms with E-state index in [9.17, 15) is 9.59 Å². The second kappa shape index (κ2) is 7.02. The van der Waals surface area contributed by atoms with Gasteiger partial charge in [0.05, 0.1) is 5.57 Å². The van der Waals surface area contributed by atoms with Crippen LogP contribution in [0.1, 0.15) is 24.3 Å². The number of carbonyl (C=O) groups is 2. The summed E-state index contributed by atoms with van der Waals surface area (Å²) in [6.45, 7) is 6.28. The third kappa shape index (κ3) is 3.48. The fourth-order valence-electron chi connectivity index (χ4n) is 2.77. The minimum Gasteiger partial charge on any atom is -0.350 e. The van der Waals surface area contributed by atoms with Gasteiger partial charge in [-0.1, -0.05) is 31.5 Å². The number of imide groups is 1. The van der Waals surface area contributed by atoms with E-state index in [0.717, 1.165) is 16.1 Å². The molecule has 1 aliphatic heterocycles. The van der Waals surface area contributed by atoms with Crippen LogP contribution in [0.2, 0.25) is 5.02 Å². The number of hydrogen-bond acceptors (Lipinski definition) is 4. The molecule has 0 fully saturated rings. The van der Waals surface area contributed by atoms with Gasteiger partial charge in [0.2, 0.25) is 0 Å². The van der Waals surface area contributed by atoms with Crippen molar-refractivity contribution in [3.05, 3.63) is 56.9 Å². The molecule has 1 aliphatic rings. The minimum atomic E-state index is -0.281. The standard InChI is InChI=1S/C19H19ClN2O2S/c1-11(2)10-22-18(23)16(15-5-4-8-25-15)17(19(22)24)21-14-7-6-13(20)9-12(14)3/h4-9,11,21H,10H2,1-3H3. The topological polar surface area (TPSA) is 49.4 Å². The van der Waals surface area contributed by atoms with Crippen molar-refractivity contribution in [3.63, 3.8) is 0 Å². The van der Waals surface area contributed by atoms with Crippen molar-refractivity contribution >= 4 is 46.0 Å². The molecule has 1 N–H and O–H groups in total. The molecule has 0 radical (unpaired) electrons. The molecule has 0 atom stereocenters. The molecule has 25 heavy (non-hydrogen) atoms. The van der Waals surface area contributed by atoms with Crippen LogP contribution in [0.3, 0.4) is 0 Å². The highest BCUT2D eigenvalue weighted by Gasteiger charge is 2.39. The molecule has 1 aromatic carbocycles. The van der Waals surface area contributed by atoms with Gasteiger partial charge in [0.15, 0.2) is 0 Å². The smallest absolute Gasteiger partial charge is 0.278 e. The van der Waals surface area contributed by atoms with Crippen LogP contribution in [0.4, 0.5) is 5.69 Å². The Morgan fingerprint density at radius 1 is 1.20 bits per heavy atom. The highest BCUT2D eigenvalue weighted by molar-refractivity contribution is 7.11. The highest BCUT2D eigenvalue weighted by Crippen LogP contribution is 2.34. The highest BCUT2D eigenvalue weighted by atomic mass is 35.5. The molecule has 0 spiro atoms. The molecule has 0 aliphatic carbocycles. The molecule has 2 amide bonds. The van der Waals surface area contributed by atoms with Crippen LogP contribution in [0, 0.1) is 12.8 Å². The Labute approximate surface area is 156 Å². The van der Waals surface area contributed by atoms with E-state index in [1.54, 1.807) is 6.07 Å². The zero-order valence-electron chi connectivity index (χ0n) is 14.3. The molecule has 0 unspecified atom stereocenters. The Morgan fingerprint density at radius 2 is 1.96 bits per heavy atom. The lowest BCUT2D eigenvalue weighted by Crippen LogP contribution is -2.35. The monoisotopic (exact) mass is 374 g/mol. The summed E-state index contributed by atoms with van der Waals surface area (Å²) in [6.07, 6.45) is 0. The lowest BCUT2D eigenvalue weighted by atomic mass is 10.1. The lowest BCUT2D eigenvalue weighted by Gasteiger charge is -2.17. The second-order valence-electron chi connectivity index (χ2n) is 6.43. The Hall–Kier alpha value is -2.11. The molecular formula is C19H19ClN2O2S. The number of anilines is 1. The molecule has 130 valence electrons. The normalized spacial score (nSPS) is 14.8. The summed E-state index contributed by atoms with van der Waals surface area (Å²) in [7, 11) is 0. The average Bonchev–Trinajstić information content (AvgIpc) is 3.13. The third-order valence-corrected chi connectivity index (χ3v) is 5.05. The SMILES string of the molecule is Cc1cc(Cl)ccc1NC1=C(c2cccs2)C(=O)N(CC(C)C)C1=O. The van der Waals surface area contributed by atoms with Gasteiger partial charge >= 0.3 is 0 Å². The summed E-state index contributed by atoms with van der Waals surface area (Å²) >= 11 is 7.46. The first-order chi connectivity index (χ1) is 11.9. The largest absolute Gasteiger partial charge is 0.350 e. The summed E-state index contributed by atoms with van der Waals surface area (Å²) in [6, 6.07) is 9.14. The second-order valence-corrected chi connectivity index (χ2v) is 7.81. The van der Waals surface area contributed by atoms with Crippen LogP contribution in [0.15, 0.2) is 41.4 Å². The van der Waals surface area contributed by atoms with E-state index in [1.807, 2.05) is 50.4 Å². The van der Waals surface area contributed by atoms with Crippen LogP contribution >= 0.6 is 22.9 Å². The van der Waals surface area contributed by atoms with Crippen LogP contribution < -0.4 is 5.32 Å². The molecule has 2 aromatic rings. The van der Waals surface area contributed by atoms with Gasteiger partial charge in [-0.3, -0.25) is 14.5 Å². The number of nitrogens with zero attached hydrogens (tertiary/aromatic N) is 1. The minimum absolute atomic E-state index is 0.203. The number of halogens is 1. The number of aryl methyl sites for hydroxylation is 1. The van der Waals surface area contributed by atoms with E-state index in [2.05, 4.69) is 5.32 Å². The molecular weight excluding hydrogens is 356 g/mol. The van der Waals surface area contributed by atoms with Crippen molar-refractivity contribution in [3.8, 4) is 0 Å². The van der Waals surface area contributed by atoms with E-state index in [-0.39, 0.29) is 17.7 Å². The summed E-state index contributed by atoms with van der Waals surface area (Å²) < 4.78 is 0. The van der Waals surface area contributed by atoms with Crippen molar-refractivity contribution < 1.29 is 9.59 Å². The molecule has 0 bridgehead atoms. The summed E-state index contributed by atoms with van der Waals surface area (Å²) in [4.78, 5) is 27.9. The summed E-state index contributed by atoms with van der Waals surface area (Å²) in [5, 5.41) is 5.70. The van der Waals surface area contributed by atoms with Gasteiger partial charge in [-0.25, -0.2) is 0 Å². The molecule has 6 heteroatoms. The molecule has 2 heterocycles. The fraction of sp³-hybridized carbons (Fsp3) is 0.263. The zero-order valence-corrected chi connectivity index (χ0v) is 15.9. The van der Waals surface area contributed by atoms with Crippen molar-refractivity contribution in [2.45, 2.75) is 20.8 Å². The van der Waals surface area contributed by atoms with Crippen molar-refractivity contribution in [2.24, 2.45) is 5.92 Å². The van der Waals surface area contributed by atoms with Gasteiger partial charge in [0.1, 0.15) is 5.70 Å². The molecule has 4 nitrogen and oxygen atoms in total. The number of nitrogens with one attached hydrogen (secondary N) is 1. The van der Waals surface area contributed by atoms with E-state index in [4.69, 9.17) is 11.6 Å². The van der Waals surface area contributed by atoms with E-state index in [1.165, 1.54) is 16.2 Å². The molecule has 0 saturated carbocycles. The van der Waals surface area contributed by atoms with E-state index < -0.39 is 0 Å². The van der Waals surface area contributed by atoms with Crippen molar-refractivity contribution in [1.82, 2.24) is 4.90 Å². The first-order valence-corrected chi connectivity index (χ1v) is 9.31. The fourth-order valence-corrected chi connectivity index (χ4v) is 3.77.